The molecule has 2 amide bonds. The Bertz CT molecular complexity index is 1760. The van der Waals surface area contributed by atoms with Crippen LogP contribution in [0.25, 0.3) is 17.2 Å². The molecule has 50 heavy (non-hydrogen) atoms. The van der Waals surface area contributed by atoms with Crippen LogP contribution in [0.3, 0.4) is 0 Å². The summed E-state index contributed by atoms with van der Waals surface area (Å²) in [5, 5.41) is 3.10. The molecule has 0 bridgehead atoms. The maximum atomic E-state index is 13.4. The van der Waals surface area contributed by atoms with E-state index in [1.54, 1.807) is 41.3 Å². The Morgan fingerprint density at radius 2 is 1.58 bits per heavy atom. The first kappa shape index (κ1) is 36.1. The predicted molar refractivity (Wildman–Crippen MR) is 184 cm³/mol. The molecule has 0 unspecified atom stereocenters. The number of amides is 2. The van der Waals surface area contributed by atoms with Gasteiger partial charge in [-0.2, -0.15) is 13.2 Å². The van der Waals surface area contributed by atoms with E-state index in [2.05, 4.69) is 10.1 Å². The second-order valence-corrected chi connectivity index (χ2v) is 12.5. The van der Waals surface area contributed by atoms with Crippen LogP contribution in [0.1, 0.15) is 52.9 Å². The van der Waals surface area contributed by atoms with Crippen LogP contribution >= 0.6 is 0 Å². The highest BCUT2D eigenvalue weighted by molar-refractivity contribution is 5.95. The number of esters is 1. The highest BCUT2D eigenvalue weighted by Gasteiger charge is 2.41. The average molecular weight is 688 g/mol. The Balaban J connectivity index is 1.25. The molecule has 4 aromatic rings. The number of alkyl halides is 3. The molecule has 1 fully saturated rings. The molecular weight excluding hydrogens is 647 g/mol. The second kappa shape index (κ2) is 17.0. The van der Waals surface area contributed by atoms with E-state index in [9.17, 15) is 27.6 Å². The number of ether oxygens (including phenoxy) is 1. The van der Waals surface area contributed by atoms with Crippen LogP contribution in [-0.4, -0.2) is 48.5 Å². The number of nitrogens with one attached hydrogen (secondary N) is 1. The minimum absolute atomic E-state index is 0.115. The van der Waals surface area contributed by atoms with Crippen LogP contribution < -0.4 is 15.8 Å². The highest BCUT2D eigenvalue weighted by atomic mass is 19.4. The summed E-state index contributed by atoms with van der Waals surface area (Å²) < 4.78 is 47.4. The van der Waals surface area contributed by atoms with Gasteiger partial charge in [0.2, 0.25) is 5.91 Å². The summed E-state index contributed by atoms with van der Waals surface area (Å²) in [6.45, 7) is 1.92. The third-order valence-corrected chi connectivity index (χ3v) is 8.89. The van der Waals surface area contributed by atoms with Gasteiger partial charge in [0.1, 0.15) is 11.5 Å². The van der Waals surface area contributed by atoms with Crippen molar-refractivity contribution in [3.8, 4) is 16.9 Å². The Hall–Kier alpha value is -5.16. The molecular formula is C39H40F3N3O5. The average Bonchev–Trinajstić information content (AvgIpc) is 3.66. The fourth-order valence-electron chi connectivity index (χ4n) is 5.99. The van der Waals surface area contributed by atoms with Crippen molar-refractivity contribution >= 4 is 23.9 Å². The van der Waals surface area contributed by atoms with Crippen molar-refractivity contribution in [1.82, 2.24) is 10.2 Å². The summed E-state index contributed by atoms with van der Waals surface area (Å²) in [4.78, 5) is 39.3. The first-order valence-electron chi connectivity index (χ1n) is 16.6. The van der Waals surface area contributed by atoms with Crippen molar-refractivity contribution in [3.63, 3.8) is 0 Å². The number of furan rings is 1. The number of carbonyl (C=O) groups excluding carboxylic acids is 3. The molecule has 1 heterocycles. The SMILES string of the molecule is NCC1CCC(CNC(=O)c2cccc(-c3cccc(CN(CCc4ccc(OC(=O)C(F)(F)F)cc4)C(=O)/C=C/c4ccco4)c3)c2)CC1. The monoisotopic (exact) mass is 687 g/mol. The maximum Gasteiger partial charge on any atom is 0.491 e. The second-order valence-electron chi connectivity index (χ2n) is 12.5. The molecule has 1 aliphatic carbocycles. The molecule has 3 N–H and O–H groups in total. The van der Waals surface area contributed by atoms with E-state index in [1.165, 1.54) is 24.5 Å². The van der Waals surface area contributed by atoms with E-state index in [1.807, 2.05) is 42.5 Å². The third kappa shape index (κ3) is 10.4. The van der Waals surface area contributed by atoms with Gasteiger partial charge in [0.25, 0.3) is 5.91 Å². The molecule has 8 nitrogen and oxygen atoms in total. The van der Waals surface area contributed by atoms with E-state index in [0.717, 1.165) is 54.5 Å². The van der Waals surface area contributed by atoms with E-state index >= 15 is 0 Å². The molecule has 0 atom stereocenters. The van der Waals surface area contributed by atoms with Gasteiger partial charge in [-0.25, -0.2) is 4.79 Å². The maximum absolute atomic E-state index is 13.4. The summed E-state index contributed by atoms with van der Waals surface area (Å²) in [5.74, 6) is -1.33. The molecule has 3 aromatic carbocycles. The van der Waals surface area contributed by atoms with Crippen molar-refractivity contribution in [3.05, 3.63) is 120 Å². The van der Waals surface area contributed by atoms with E-state index in [0.29, 0.717) is 36.1 Å². The molecule has 0 radical (unpaired) electrons. The van der Waals surface area contributed by atoms with E-state index < -0.39 is 12.1 Å². The van der Waals surface area contributed by atoms with Crippen LogP contribution in [0.4, 0.5) is 13.2 Å². The van der Waals surface area contributed by atoms with Gasteiger partial charge >= 0.3 is 12.1 Å². The van der Waals surface area contributed by atoms with E-state index in [-0.39, 0.29) is 30.7 Å². The van der Waals surface area contributed by atoms with Crippen LogP contribution in [0.5, 0.6) is 5.75 Å². The van der Waals surface area contributed by atoms with Crippen molar-refractivity contribution in [1.29, 1.82) is 0 Å². The lowest BCUT2D eigenvalue weighted by molar-refractivity contribution is -0.189. The molecule has 262 valence electrons. The predicted octanol–water partition coefficient (Wildman–Crippen LogP) is 7.19. The molecule has 0 aliphatic heterocycles. The zero-order valence-electron chi connectivity index (χ0n) is 27.5. The zero-order valence-corrected chi connectivity index (χ0v) is 27.5. The summed E-state index contributed by atoms with van der Waals surface area (Å²) >= 11 is 0. The Morgan fingerprint density at radius 3 is 2.26 bits per heavy atom. The minimum atomic E-state index is -5.10. The molecule has 5 rings (SSSR count). The Kier molecular flexibility index (Phi) is 12.3. The van der Waals surface area contributed by atoms with Gasteiger partial charge in [0.15, 0.2) is 0 Å². The smallest absolute Gasteiger partial charge is 0.465 e. The van der Waals surface area contributed by atoms with Gasteiger partial charge in [0.05, 0.1) is 6.26 Å². The third-order valence-electron chi connectivity index (χ3n) is 8.89. The van der Waals surface area contributed by atoms with Crippen LogP contribution in [0, 0.1) is 11.8 Å². The molecule has 1 saturated carbocycles. The number of nitrogens with two attached hydrogens (primary N) is 1. The number of nitrogens with zero attached hydrogens (tertiary/aromatic N) is 1. The summed E-state index contributed by atoms with van der Waals surface area (Å²) in [5.41, 5.74) is 9.73. The van der Waals surface area contributed by atoms with Gasteiger partial charge in [0, 0.05) is 31.3 Å². The number of benzene rings is 3. The lowest BCUT2D eigenvalue weighted by Gasteiger charge is -2.27. The quantitative estimate of drug-likeness (QED) is 0.0874. The summed E-state index contributed by atoms with van der Waals surface area (Å²) in [7, 11) is 0. The minimum Gasteiger partial charge on any atom is -0.465 e. The fourth-order valence-corrected chi connectivity index (χ4v) is 5.99. The molecule has 0 spiro atoms. The number of hydrogen-bond acceptors (Lipinski definition) is 6. The lowest BCUT2D eigenvalue weighted by atomic mass is 9.82. The number of hydrogen-bond donors (Lipinski definition) is 2. The number of halogens is 3. The van der Waals surface area contributed by atoms with Gasteiger partial charge in [-0.3, -0.25) is 9.59 Å². The Labute approximate surface area is 289 Å². The molecule has 11 heteroatoms. The normalized spacial score (nSPS) is 16.2. The highest BCUT2D eigenvalue weighted by Crippen LogP contribution is 2.28. The van der Waals surface area contributed by atoms with Crippen molar-refractivity contribution in [2.75, 3.05) is 19.6 Å². The van der Waals surface area contributed by atoms with Gasteiger partial charge < -0.3 is 25.1 Å². The van der Waals surface area contributed by atoms with Gasteiger partial charge in [-0.05, 0) is 121 Å². The van der Waals surface area contributed by atoms with Crippen LogP contribution in [0.15, 0.2) is 102 Å². The van der Waals surface area contributed by atoms with Crippen LogP contribution in [-0.2, 0) is 22.6 Å². The number of rotatable bonds is 13. The fraction of sp³-hybridized carbons (Fsp3) is 0.308. The Morgan fingerprint density at radius 1 is 0.880 bits per heavy atom. The largest absolute Gasteiger partial charge is 0.491 e. The standard InChI is InChI=1S/C39H40F3N3O5/c40-39(41,42)38(48)50-35-15-13-27(14-16-35)19-20-45(36(46)18-17-34-8-3-21-49-34)26-30-4-1-5-31(22-30)32-6-2-7-33(23-32)37(47)44-25-29-11-9-28(24-43)10-12-29/h1-8,13-18,21-23,28-29H,9-12,19-20,24-26,43H2,(H,44,47)/b18-17+. The summed E-state index contributed by atoms with van der Waals surface area (Å²) in [6, 6.07) is 24.3. The summed E-state index contributed by atoms with van der Waals surface area (Å²) in [6.07, 6.45) is 4.16. The molecule has 0 saturated heterocycles. The van der Waals surface area contributed by atoms with Crippen molar-refractivity contribution < 1.29 is 36.7 Å². The molecule has 1 aliphatic rings. The zero-order chi connectivity index (χ0) is 35.5. The van der Waals surface area contributed by atoms with Gasteiger partial charge in [-0.15, -0.1) is 0 Å². The van der Waals surface area contributed by atoms with Crippen LogP contribution in [0.2, 0.25) is 0 Å². The van der Waals surface area contributed by atoms with Gasteiger partial charge in [-0.1, -0.05) is 42.5 Å². The van der Waals surface area contributed by atoms with E-state index in [4.69, 9.17) is 10.2 Å². The molecule has 1 aromatic heterocycles. The van der Waals surface area contributed by atoms with Crippen molar-refractivity contribution in [2.24, 2.45) is 17.6 Å². The lowest BCUT2D eigenvalue weighted by Crippen LogP contribution is -2.32. The number of carbonyl (C=O) groups is 3. The first-order chi connectivity index (χ1) is 24.1. The first-order valence-corrected chi connectivity index (χ1v) is 16.6. The topological polar surface area (TPSA) is 115 Å². The van der Waals surface area contributed by atoms with Crippen molar-refractivity contribution in [2.45, 2.75) is 44.8 Å².